The van der Waals surface area contributed by atoms with Crippen LogP contribution in [-0.2, 0) is 0 Å². The number of ether oxygens (including phenoxy) is 2. The van der Waals surface area contributed by atoms with Crippen LogP contribution in [0.25, 0.3) is 0 Å². The lowest BCUT2D eigenvalue weighted by atomic mass is 10.1. The molecule has 20 heavy (non-hydrogen) atoms. The van der Waals surface area contributed by atoms with Gasteiger partial charge in [0.1, 0.15) is 13.2 Å². The molecule has 3 rings (SSSR count). The van der Waals surface area contributed by atoms with Crippen molar-refractivity contribution >= 4 is 11.8 Å². The van der Waals surface area contributed by atoms with Gasteiger partial charge in [0.25, 0.3) is 0 Å². The number of fused-ring (bicyclic) bond motifs is 1. The maximum atomic E-state index is 6.26. The number of benzene rings is 2. The van der Waals surface area contributed by atoms with E-state index in [4.69, 9.17) is 15.2 Å². The van der Waals surface area contributed by atoms with Crippen LogP contribution in [0, 0.1) is 0 Å². The van der Waals surface area contributed by atoms with Gasteiger partial charge in [-0.1, -0.05) is 24.3 Å². The van der Waals surface area contributed by atoms with Crippen LogP contribution in [-0.4, -0.2) is 19.0 Å². The van der Waals surface area contributed by atoms with E-state index < -0.39 is 0 Å². The van der Waals surface area contributed by atoms with E-state index in [2.05, 4.69) is 12.1 Å². The predicted octanol–water partition coefficient (Wildman–Crippen LogP) is 3.25. The standard InChI is InChI=1S/C16H17NO2S/c17-14(11-20-13-4-2-1-3-5-13)12-6-7-15-16(10-12)19-9-8-18-15/h1-7,10,14H,8-9,11,17H2. The van der Waals surface area contributed by atoms with Crippen molar-refractivity contribution in [2.24, 2.45) is 5.73 Å². The second kappa shape index (κ2) is 6.20. The molecule has 0 fully saturated rings. The largest absolute Gasteiger partial charge is 0.486 e. The number of hydrogen-bond donors (Lipinski definition) is 1. The zero-order valence-corrected chi connectivity index (χ0v) is 11.9. The lowest BCUT2D eigenvalue weighted by Gasteiger charge is -2.20. The molecule has 0 saturated heterocycles. The van der Waals surface area contributed by atoms with Gasteiger partial charge in [-0.2, -0.15) is 0 Å². The summed E-state index contributed by atoms with van der Waals surface area (Å²) in [5.74, 6) is 2.45. The topological polar surface area (TPSA) is 44.5 Å². The van der Waals surface area contributed by atoms with Crippen LogP contribution < -0.4 is 15.2 Å². The number of hydrogen-bond acceptors (Lipinski definition) is 4. The molecule has 1 aliphatic rings. The highest BCUT2D eigenvalue weighted by Crippen LogP contribution is 2.33. The molecule has 0 aromatic heterocycles. The molecule has 0 saturated carbocycles. The van der Waals surface area contributed by atoms with Gasteiger partial charge in [-0.15, -0.1) is 11.8 Å². The lowest BCUT2D eigenvalue weighted by molar-refractivity contribution is 0.171. The minimum atomic E-state index is -0.0176. The zero-order chi connectivity index (χ0) is 13.8. The van der Waals surface area contributed by atoms with Gasteiger partial charge >= 0.3 is 0 Å². The molecule has 104 valence electrons. The maximum Gasteiger partial charge on any atom is 0.161 e. The Balaban J connectivity index is 1.66. The molecule has 0 amide bonds. The fourth-order valence-corrected chi connectivity index (χ4v) is 3.00. The quantitative estimate of drug-likeness (QED) is 0.877. The van der Waals surface area contributed by atoms with Gasteiger partial charge < -0.3 is 15.2 Å². The summed E-state index contributed by atoms with van der Waals surface area (Å²) in [6, 6.07) is 16.2. The second-order valence-corrected chi connectivity index (χ2v) is 5.73. The maximum absolute atomic E-state index is 6.26. The molecule has 0 aliphatic carbocycles. The summed E-state index contributed by atoms with van der Waals surface area (Å²) in [5, 5.41) is 0. The molecule has 2 aromatic carbocycles. The van der Waals surface area contributed by atoms with Crippen molar-refractivity contribution in [3.8, 4) is 11.5 Å². The van der Waals surface area contributed by atoms with E-state index >= 15 is 0 Å². The van der Waals surface area contributed by atoms with Crippen LogP contribution in [0.5, 0.6) is 11.5 Å². The lowest BCUT2D eigenvalue weighted by Crippen LogP contribution is -2.17. The van der Waals surface area contributed by atoms with Gasteiger partial charge in [0.05, 0.1) is 0 Å². The van der Waals surface area contributed by atoms with E-state index in [1.807, 2.05) is 36.4 Å². The van der Waals surface area contributed by atoms with Crippen molar-refractivity contribution in [2.45, 2.75) is 10.9 Å². The molecule has 1 atom stereocenters. The third-order valence-electron chi connectivity index (χ3n) is 3.17. The van der Waals surface area contributed by atoms with E-state index in [-0.39, 0.29) is 6.04 Å². The van der Waals surface area contributed by atoms with Crippen LogP contribution in [0.3, 0.4) is 0 Å². The first-order chi connectivity index (χ1) is 9.83. The Bertz CT molecular complexity index is 574. The number of rotatable bonds is 4. The first kappa shape index (κ1) is 13.3. The van der Waals surface area contributed by atoms with E-state index in [0.29, 0.717) is 13.2 Å². The Kier molecular flexibility index (Phi) is 4.14. The van der Waals surface area contributed by atoms with Gasteiger partial charge in [-0.25, -0.2) is 0 Å². The molecular weight excluding hydrogens is 270 g/mol. The zero-order valence-electron chi connectivity index (χ0n) is 11.1. The molecule has 4 heteroatoms. The third-order valence-corrected chi connectivity index (χ3v) is 4.30. The van der Waals surface area contributed by atoms with Crippen molar-refractivity contribution in [1.82, 2.24) is 0 Å². The monoisotopic (exact) mass is 287 g/mol. The Labute approximate surface area is 123 Å². The highest BCUT2D eigenvalue weighted by molar-refractivity contribution is 7.99. The summed E-state index contributed by atoms with van der Waals surface area (Å²) in [6.45, 7) is 1.21. The first-order valence-electron chi connectivity index (χ1n) is 6.66. The summed E-state index contributed by atoms with van der Waals surface area (Å²) in [7, 11) is 0. The summed E-state index contributed by atoms with van der Waals surface area (Å²) < 4.78 is 11.1. The van der Waals surface area contributed by atoms with Gasteiger partial charge in [-0.3, -0.25) is 0 Å². The van der Waals surface area contributed by atoms with Crippen LogP contribution in [0.2, 0.25) is 0 Å². The SMILES string of the molecule is NC(CSc1ccccc1)c1ccc2c(c1)OCCO2. The van der Waals surface area contributed by atoms with Crippen molar-refractivity contribution in [1.29, 1.82) is 0 Å². The Morgan fingerprint density at radius 3 is 2.55 bits per heavy atom. The van der Waals surface area contributed by atoms with Gasteiger partial charge in [0.15, 0.2) is 11.5 Å². The molecule has 2 aromatic rings. The summed E-state index contributed by atoms with van der Waals surface area (Å²) in [5.41, 5.74) is 7.34. The molecule has 1 heterocycles. The van der Waals surface area contributed by atoms with Crippen molar-refractivity contribution in [2.75, 3.05) is 19.0 Å². The fourth-order valence-electron chi connectivity index (χ4n) is 2.09. The Morgan fingerprint density at radius 2 is 1.75 bits per heavy atom. The number of thioether (sulfide) groups is 1. The highest BCUT2D eigenvalue weighted by atomic mass is 32.2. The van der Waals surface area contributed by atoms with Gasteiger partial charge in [-0.05, 0) is 29.8 Å². The predicted molar refractivity (Wildman–Crippen MR) is 81.5 cm³/mol. The molecule has 1 aliphatic heterocycles. The molecule has 0 spiro atoms. The van der Waals surface area contributed by atoms with E-state index in [0.717, 1.165) is 22.8 Å². The van der Waals surface area contributed by atoms with E-state index in [1.165, 1.54) is 4.90 Å². The number of nitrogens with two attached hydrogens (primary N) is 1. The minimum Gasteiger partial charge on any atom is -0.486 e. The summed E-state index contributed by atoms with van der Waals surface area (Å²) in [6.07, 6.45) is 0. The van der Waals surface area contributed by atoms with Crippen LogP contribution in [0.1, 0.15) is 11.6 Å². The smallest absolute Gasteiger partial charge is 0.161 e. The first-order valence-corrected chi connectivity index (χ1v) is 7.64. The van der Waals surface area contributed by atoms with Crippen LogP contribution >= 0.6 is 11.8 Å². The van der Waals surface area contributed by atoms with Gasteiger partial charge in [0, 0.05) is 16.7 Å². The summed E-state index contributed by atoms with van der Waals surface area (Å²) in [4.78, 5) is 1.24. The average Bonchev–Trinajstić information content (AvgIpc) is 2.53. The second-order valence-electron chi connectivity index (χ2n) is 4.63. The van der Waals surface area contributed by atoms with Crippen molar-refractivity contribution in [3.63, 3.8) is 0 Å². The Morgan fingerprint density at radius 1 is 1.00 bits per heavy atom. The van der Waals surface area contributed by atoms with Crippen molar-refractivity contribution < 1.29 is 9.47 Å². The van der Waals surface area contributed by atoms with Crippen LogP contribution in [0.15, 0.2) is 53.4 Å². The van der Waals surface area contributed by atoms with E-state index in [1.54, 1.807) is 11.8 Å². The molecule has 0 radical (unpaired) electrons. The minimum absolute atomic E-state index is 0.0176. The molecule has 0 bridgehead atoms. The fraction of sp³-hybridized carbons (Fsp3) is 0.250. The summed E-state index contributed by atoms with van der Waals surface area (Å²) >= 11 is 1.76. The normalized spacial score (nSPS) is 14.8. The highest BCUT2D eigenvalue weighted by Gasteiger charge is 2.14. The molecule has 1 unspecified atom stereocenters. The third kappa shape index (κ3) is 3.08. The van der Waals surface area contributed by atoms with Gasteiger partial charge in [0.2, 0.25) is 0 Å². The molecular formula is C16H17NO2S. The van der Waals surface area contributed by atoms with Crippen molar-refractivity contribution in [3.05, 3.63) is 54.1 Å². The Hall–Kier alpha value is -1.65. The molecule has 2 N–H and O–H groups in total. The molecule has 3 nitrogen and oxygen atoms in total. The van der Waals surface area contributed by atoms with Crippen LogP contribution in [0.4, 0.5) is 0 Å². The van der Waals surface area contributed by atoms with E-state index in [9.17, 15) is 0 Å². The average molecular weight is 287 g/mol.